The summed E-state index contributed by atoms with van der Waals surface area (Å²) >= 11 is 0. The molecule has 5 rings (SSSR count). The number of hydrogen-bond acceptors (Lipinski definition) is 2. The van der Waals surface area contributed by atoms with Crippen molar-refractivity contribution in [2.45, 2.75) is 19.4 Å². The normalized spacial score (nSPS) is 13.5. The predicted octanol–water partition coefficient (Wildman–Crippen LogP) is 4.32. The van der Waals surface area contributed by atoms with Crippen LogP contribution in [-0.4, -0.2) is 19.7 Å². The van der Waals surface area contributed by atoms with Crippen LogP contribution < -0.4 is 0 Å². The van der Waals surface area contributed by atoms with Gasteiger partial charge in [0.15, 0.2) is 0 Å². The van der Waals surface area contributed by atoms with Gasteiger partial charge in [-0.15, -0.1) is 0 Å². The quantitative estimate of drug-likeness (QED) is 0.593. The number of halogens is 2. The lowest BCUT2D eigenvalue weighted by atomic mass is 10.0. The topological polar surface area (TPSA) is 46.5 Å². The van der Waals surface area contributed by atoms with Gasteiger partial charge in [-0.05, 0) is 24.6 Å². The Morgan fingerprint density at radius 3 is 2.76 bits per heavy atom. The smallest absolute Gasteiger partial charge is 0.135 e. The van der Waals surface area contributed by atoms with E-state index in [1.807, 2.05) is 18.2 Å². The summed E-state index contributed by atoms with van der Waals surface area (Å²) in [6.07, 6.45) is 3.55. The Kier molecular flexibility index (Phi) is 3.00. The van der Waals surface area contributed by atoms with E-state index in [9.17, 15) is 8.78 Å². The number of H-pyrrole nitrogens is 1. The first kappa shape index (κ1) is 14.3. The molecular formula is C19H14F2N4. The first-order chi connectivity index (χ1) is 12.2. The van der Waals surface area contributed by atoms with Gasteiger partial charge in [-0.3, -0.25) is 5.10 Å². The number of aromatic amines is 1. The van der Waals surface area contributed by atoms with E-state index in [0.29, 0.717) is 5.69 Å². The molecule has 0 aliphatic carbocycles. The summed E-state index contributed by atoms with van der Waals surface area (Å²) in [4.78, 5) is 4.58. The standard InChI is InChI=1S/C19H14F2N4/c20-13-3-1-4-14(21)17(13)18-19(25-8-2-5-16(25)23-18)11-6-7-12-10-22-24-15(12)9-11/h1,3-4,6-7,9-10H,2,5,8H2,(H,22,24). The molecule has 0 saturated carbocycles. The molecule has 2 aromatic carbocycles. The number of aromatic nitrogens is 4. The Morgan fingerprint density at radius 2 is 1.92 bits per heavy atom. The lowest BCUT2D eigenvalue weighted by Crippen LogP contribution is -1.98. The average Bonchev–Trinajstić information content (AvgIpc) is 3.29. The highest BCUT2D eigenvalue weighted by Gasteiger charge is 2.26. The maximum absolute atomic E-state index is 14.4. The third-order valence-corrected chi connectivity index (χ3v) is 4.74. The fourth-order valence-corrected chi connectivity index (χ4v) is 3.60. The summed E-state index contributed by atoms with van der Waals surface area (Å²) < 4.78 is 30.9. The van der Waals surface area contributed by atoms with Crippen molar-refractivity contribution in [1.82, 2.24) is 19.7 Å². The van der Waals surface area contributed by atoms with Crippen molar-refractivity contribution in [1.29, 1.82) is 0 Å². The molecule has 0 radical (unpaired) electrons. The second-order valence-corrected chi connectivity index (χ2v) is 6.25. The van der Waals surface area contributed by atoms with Gasteiger partial charge in [0.2, 0.25) is 0 Å². The number of hydrogen-bond donors (Lipinski definition) is 1. The molecule has 0 saturated heterocycles. The fraction of sp³-hybridized carbons (Fsp3) is 0.158. The number of nitrogens with zero attached hydrogens (tertiary/aromatic N) is 3. The molecule has 2 aromatic heterocycles. The van der Waals surface area contributed by atoms with Crippen LogP contribution in [0.1, 0.15) is 12.2 Å². The molecule has 6 heteroatoms. The molecule has 0 unspecified atom stereocenters. The number of benzene rings is 2. The molecule has 1 N–H and O–H groups in total. The SMILES string of the molecule is Fc1cccc(F)c1-c1nc2n(c1-c1ccc3cn[nH]c3c1)CCC2. The fourth-order valence-electron chi connectivity index (χ4n) is 3.60. The predicted molar refractivity (Wildman–Crippen MR) is 91.0 cm³/mol. The lowest BCUT2D eigenvalue weighted by Gasteiger charge is -2.10. The van der Waals surface area contributed by atoms with Crippen LogP contribution in [0.15, 0.2) is 42.6 Å². The third kappa shape index (κ3) is 2.10. The zero-order valence-corrected chi connectivity index (χ0v) is 13.3. The molecule has 4 aromatic rings. The van der Waals surface area contributed by atoms with Crippen molar-refractivity contribution in [2.75, 3.05) is 0 Å². The summed E-state index contributed by atoms with van der Waals surface area (Å²) in [6.45, 7) is 0.800. The average molecular weight is 336 g/mol. The van der Waals surface area contributed by atoms with Crippen molar-refractivity contribution in [3.8, 4) is 22.5 Å². The second-order valence-electron chi connectivity index (χ2n) is 6.25. The monoisotopic (exact) mass is 336 g/mol. The van der Waals surface area contributed by atoms with E-state index in [1.165, 1.54) is 18.2 Å². The molecule has 0 spiro atoms. The van der Waals surface area contributed by atoms with Crippen molar-refractivity contribution >= 4 is 10.9 Å². The number of rotatable bonds is 2. The van der Waals surface area contributed by atoms with Crippen molar-refractivity contribution in [3.05, 3.63) is 60.1 Å². The Hall–Kier alpha value is -3.02. The molecule has 3 heterocycles. The van der Waals surface area contributed by atoms with E-state index in [0.717, 1.165) is 47.4 Å². The maximum Gasteiger partial charge on any atom is 0.135 e. The molecule has 0 amide bonds. The largest absolute Gasteiger partial charge is 0.327 e. The van der Waals surface area contributed by atoms with Crippen LogP contribution in [0.5, 0.6) is 0 Å². The first-order valence-electron chi connectivity index (χ1n) is 8.19. The second kappa shape index (κ2) is 5.24. The van der Waals surface area contributed by atoms with Gasteiger partial charge in [-0.1, -0.05) is 18.2 Å². The Bertz CT molecular complexity index is 1090. The maximum atomic E-state index is 14.4. The van der Waals surface area contributed by atoms with Gasteiger partial charge in [-0.25, -0.2) is 13.8 Å². The number of imidazole rings is 1. The third-order valence-electron chi connectivity index (χ3n) is 4.74. The minimum atomic E-state index is -0.597. The van der Waals surface area contributed by atoms with Gasteiger partial charge in [-0.2, -0.15) is 5.10 Å². The highest BCUT2D eigenvalue weighted by Crippen LogP contribution is 2.38. The number of fused-ring (bicyclic) bond motifs is 2. The van der Waals surface area contributed by atoms with Crippen LogP contribution in [0.4, 0.5) is 8.78 Å². The number of aryl methyl sites for hydroxylation is 1. The Morgan fingerprint density at radius 1 is 1.08 bits per heavy atom. The Labute approximate surface area is 142 Å². The van der Waals surface area contributed by atoms with E-state index in [4.69, 9.17) is 0 Å². The summed E-state index contributed by atoms with van der Waals surface area (Å²) in [5.41, 5.74) is 2.81. The summed E-state index contributed by atoms with van der Waals surface area (Å²) in [5, 5.41) is 7.97. The lowest BCUT2D eigenvalue weighted by molar-refractivity contribution is 0.588. The summed E-state index contributed by atoms with van der Waals surface area (Å²) in [7, 11) is 0. The van der Waals surface area contributed by atoms with Crippen LogP contribution in [0.25, 0.3) is 33.4 Å². The van der Waals surface area contributed by atoms with Crippen LogP contribution >= 0.6 is 0 Å². The van der Waals surface area contributed by atoms with Gasteiger partial charge >= 0.3 is 0 Å². The molecule has 0 fully saturated rings. The van der Waals surface area contributed by atoms with E-state index < -0.39 is 11.6 Å². The van der Waals surface area contributed by atoms with Crippen molar-refractivity contribution < 1.29 is 8.78 Å². The van der Waals surface area contributed by atoms with Crippen LogP contribution in [0, 0.1) is 11.6 Å². The van der Waals surface area contributed by atoms with E-state index in [2.05, 4.69) is 19.7 Å². The summed E-state index contributed by atoms with van der Waals surface area (Å²) in [6, 6.07) is 9.75. The number of nitrogens with one attached hydrogen (secondary N) is 1. The van der Waals surface area contributed by atoms with Gasteiger partial charge < -0.3 is 4.57 Å². The van der Waals surface area contributed by atoms with Crippen LogP contribution in [-0.2, 0) is 13.0 Å². The van der Waals surface area contributed by atoms with Crippen LogP contribution in [0.2, 0.25) is 0 Å². The highest BCUT2D eigenvalue weighted by molar-refractivity contribution is 5.87. The molecule has 1 aliphatic rings. The van der Waals surface area contributed by atoms with Crippen molar-refractivity contribution in [2.24, 2.45) is 0 Å². The van der Waals surface area contributed by atoms with Gasteiger partial charge in [0.1, 0.15) is 23.2 Å². The first-order valence-corrected chi connectivity index (χ1v) is 8.19. The van der Waals surface area contributed by atoms with Crippen molar-refractivity contribution in [3.63, 3.8) is 0 Å². The van der Waals surface area contributed by atoms with Gasteiger partial charge in [0.25, 0.3) is 0 Å². The molecular weight excluding hydrogens is 322 g/mol. The molecule has 4 nitrogen and oxygen atoms in total. The minimum absolute atomic E-state index is 0.0656. The zero-order chi connectivity index (χ0) is 17.0. The van der Waals surface area contributed by atoms with Gasteiger partial charge in [0, 0.05) is 23.9 Å². The van der Waals surface area contributed by atoms with E-state index >= 15 is 0 Å². The van der Waals surface area contributed by atoms with Gasteiger partial charge in [0.05, 0.1) is 23.0 Å². The minimum Gasteiger partial charge on any atom is -0.327 e. The Balaban J connectivity index is 1.81. The van der Waals surface area contributed by atoms with Crippen LogP contribution in [0.3, 0.4) is 0 Å². The molecule has 25 heavy (non-hydrogen) atoms. The molecule has 0 bridgehead atoms. The molecule has 124 valence electrons. The molecule has 0 atom stereocenters. The summed E-state index contributed by atoms with van der Waals surface area (Å²) in [5.74, 6) is -0.321. The zero-order valence-electron chi connectivity index (χ0n) is 13.3. The highest BCUT2D eigenvalue weighted by atomic mass is 19.1. The van der Waals surface area contributed by atoms with E-state index in [-0.39, 0.29) is 5.56 Å². The van der Waals surface area contributed by atoms with E-state index in [1.54, 1.807) is 6.20 Å². The molecule has 1 aliphatic heterocycles.